The van der Waals surface area contributed by atoms with Gasteiger partial charge in [0.15, 0.2) is 5.78 Å². The molecule has 2 aromatic carbocycles. The molecule has 2 amide bonds. The SMILES string of the molecule is Cc1ccccc1C(=O)CCC(=O)Nc1cccc(C(=O)N2CCOCC2C)c1. The largest absolute Gasteiger partial charge is 0.377 e. The van der Waals surface area contributed by atoms with Gasteiger partial charge in [0.1, 0.15) is 0 Å². The molecule has 1 aliphatic heterocycles. The van der Waals surface area contributed by atoms with E-state index >= 15 is 0 Å². The zero-order chi connectivity index (χ0) is 20.8. The second-order valence-electron chi connectivity index (χ2n) is 7.29. The lowest BCUT2D eigenvalue weighted by atomic mass is 10.0. The number of rotatable bonds is 6. The number of carbonyl (C=O) groups excluding carboxylic acids is 3. The lowest BCUT2D eigenvalue weighted by Crippen LogP contribution is -2.47. The summed E-state index contributed by atoms with van der Waals surface area (Å²) in [6, 6.07) is 14.3. The molecule has 29 heavy (non-hydrogen) atoms. The number of hydrogen-bond donors (Lipinski definition) is 1. The molecular weight excluding hydrogens is 368 g/mol. The Morgan fingerprint density at radius 3 is 2.66 bits per heavy atom. The van der Waals surface area contributed by atoms with Crippen molar-refractivity contribution in [2.45, 2.75) is 32.7 Å². The molecule has 1 atom stereocenters. The van der Waals surface area contributed by atoms with Crippen molar-refractivity contribution < 1.29 is 19.1 Å². The molecule has 1 saturated heterocycles. The number of carbonyl (C=O) groups is 3. The zero-order valence-electron chi connectivity index (χ0n) is 16.8. The van der Waals surface area contributed by atoms with E-state index in [1.54, 1.807) is 35.2 Å². The Balaban J connectivity index is 1.58. The molecule has 1 heterocycles. The van der Waals surface area contributed by atoms with Gasteiger partial charge in [-0.3, -0.25) is 14.4 Å². The summed E-state index contributed by atoms with van der Waals surface area (Å²) < 4.78 is 5.38. The standard InChI is InChI=1S/C23H26N2O4/c1-16-6-3-4-9-20(16)21(26)10-11-22(27)24-19-8-5-7-18(14-19)23(28)25-12-13-29-15-17(25)2/h3-9,14,17H,10-13,15H2,1-2H3,(H,24,27). The summed E-state index contributed by atoms with van der Waals surface area (Å²) in [6.07, 6.45) is 0.229. The summed E-state index contributed by atoms with van der Waals surface area (Å²) in [6.45, 7) is 5.44. The molecule has 0 saturated carbocycles. The fraction of sp³-hybridized carbons (Fsp3) is 0.348. The van der Waals surface area contributed by atoms with Crippen LogP contribution in [0.2, 0.25) is 0 Å². The Kier molecular flexibility index (Phi) is 6.77. The molecule has 1 aliphatic rings. The van der Waals surface area contributed by atoms with Crippen LogP contribution < -0.4 is 5.32 Å². The first-order chi connectivity index (χ1) is 14.0. The molecule has 0 radical (unpaired) electrons. The van der Waals surface area contributed by atoms with Crippen molar-refractivity contribution in [2.75, 3.05) is 25.1 Å². The minimum absolute atomic E-state index is 0.0157. The van der Waals surface area contributed by atoms with E-state index in [-0.39, 0.29) is 36.5 Å². The highest BCUT2D eigenvalue weighted by Crippen LogP contribution is 2.17. The van der Waals surface area contributed by atoms with E-state index in [1.165, 1.54) is 0 Å². The number of morpholine rings is 1. The van der Waals surface area contributed by atoms with Gasteiger partial charge in [-0.25, -0.2) is 0 Å². The Morgan fingerprint density at radius 1 is 1.10 bits per heavy atom. The van der Waals surface area contributed by atoms with E-state index in [0.29, 0.717) is 36.6 Å². The van der Waals surface area contributed by atoms with E-state index in [4.69, 9.17) is 4.74 Å². The number of aryl methyl sites for hydroxylation is 1. The van der Waals surface area contributed by atoms with E-state index in [9.17, 15) is 14.4 Å². The first-order valence-corrected chi connectivity index (χ1v) is 9.83. The summed E-state index contributed by atoms with van der Waals surface area (Å²) in [5.41, 5.74) is 2.62. The van der Waals surface area contributed by atoms with Crippen LogP contribution in [0, 0.1) is 6.92 Å². The van der Waals surface area contributed by atoms with E-state index in [0.717, 1.165) is 5.56 Å². The van der Waals surface area contributed by atoms with Crippen molar-refractivity contribution in [2.24, 2.45) is 0 Å². The van der Waals surface area contributed by atoms with Crippen LogP contribution in [0.5, 0.6) is 0 Å². The van der Waals surface area contributed by atoms with Crippen LogP contribution in [-0.4, -0.2) is 48.3 Å². The fourth-order valence-corrected chi connectivity index (χ4v) is 3.40. The van der Waals surface area contributed by atoms with Crippen LogP contribution in [0.3, 0.4) is 0 Å². The summed E-state index contributed by atoms with van der Waals surface area (Å²) in [4.78, 5) is 39.2. The molecule has 1 unspecified atom stereocenters. The lowest BCUT2D eigenvalue weighted by molar-refractivity contribution is -0.116. The smallest absolute Gasteiger partial charge is 0.254 e. The van der Waals surface area contributed by atoms with Gasteiger partial charge in [-0.15, -0.1) is 0 Å². The predicted octanol–water partition coefficient (Wildman–Crippen LogP) is 3.46. The molecule has 0 spiro atoms. The average Bonchev–Trinajstić information content (AvgIpc) is 2.72. The highest BCUT2D eigenvalue weighted by atomic mass is 16.5. The Bertz CT molecular complexity index is 909. The van der Waals surface area contributed by atoms with Crippen LogP contribution >= 0.6 is 0 Å². The van der Waals surface area contributed by atoms with E-state index in [2.05, 4.69) is 5.32 Å². The molecule has 0 aliphatic carbocycles. The Morgan fingerprint density at radius 2 is 1.90 bits per heavy atom. The summed E-state index contributed by atoms with van der Waals surface area (Å²) in [5, 5.41) is 2.79. The zero-order valence-corrected chi connectivity index (χ0v) is 16.8. The topological polar surface area (TPSA) is 75.7 Å². The van der Waals surface area contributed by atoms with Crippen LogP contribution in [0.15, 0.2) is 48.5 Å². The highest BCUT2D eigenvalue weighted by Gasteiger charge is 2.24. The van der Waals surface area contributed by atoms with E-state index in [1.807, 2.05) is 32.0 Å². The molecule has 1 N–H and O–H groups in total. The number of hydrogen-bond acceptors (Lipinski definition) is 4. The molecule has 1 fully saturated rings. The Hall–Kier alpha value is -2.99. The third-order valence-corrected chi connectivity index (χ3v) is 5.05. The molecule has 6 nitrogen and oxygen atoms in total. The van der Waals surface area contributed by atoms with Gasteiger partial charge < -0.3 is 15.0 Å². The predicted molar refractivity (Wildman–Crippen MR) is 111 cm³/mol. The van der Waals surface area contributed by atoms with Gasteiger partial charge in [0.2, 0.25) is 5.91 Å². The summed E-state index contributed by atoms with van der Waals surface area (Å²) in [7, 11) is 0. The van der Waals surface area contributed by atoms with Crippen LogP contribution in [0.1, 0.15) is 46.0 Å². The monoisotopic (exact) mass is 394 g/mol. The lowest BCUT2D eigenvalue weighted by Gasteiger charge is -2.33. The average molecular weight is 394 g/mol. The quantitative estimate of drug-likeness (QED) is 0.762. The number of amides is 2. The number of anilines is 1. The fourth-order valence-electron chi connectivity index (χ4n) is 3.40. The first-order valence-electron chi connectivity index (χ1n) is 9.83. The number of nitrogens with zero attached hydrogens (tertiary/aromatic N) is 1. The van der Waals surface area contributed by atoms with Crippen molar-refractivity contribution >= 4 is 23.3 Å². The summed E-state index contributed by atoms with van der Waals surface area (Å²) in [5.74, 6) is -0.383. The van der Waals surface area contributed by atoms with Crippen LogP contribution in [0.4, 0.5) is 5.69 Å². The van der Waals surface area contributed by atoms with Crippen molar-refractivity contribution in [1.29, 1.82) is 0 Å². The molecule has 152 valence electrons. The number of nitrogens with one attached hydrogen (secondary N) is 1. The molecule has 0 aromatic heterocycles. The molecule has 3 rings (SSSR count). The summed E-state index contributed by atoms with van der Waals surface area (Å²) >= 11 is 0. The van der Waals surface area contributed by atoms with Gasteiger partial charge in [0, 0.05) is 36.2 Å². The third kappa shape index (κ3) is 5.29. The third-order valence-electron chi connectivity index (χ3n) is 5.05. The van der Waals surface area contributed by atoms with Gasteiger partial charge in [0.25, 0.3) is 5.91 Å². The van der Waals surface area contributed by atoms with Crippen LogP contribution in [0.25, 0.3) is 0 Å². The van der Waals surface area contributed by atoms with Gasteiger partial charge in [-0.2, -0.15) is 0 Å². The van der Waals surface area contributed by atoms with Gasteiger partial charge in [-0.05, 0) is 37.6 Å². The van der Waals surface area contributed by atoms with Crippen molar-refractivity contribution in [3.05, 3.63) is 65.2 Å². The number of ether oxygens (including phenoxy) is 1. The van der Waals surface area contributed by atoms with Crippen molar-refractivity contribution in [3.63, 3.8) is 0 Å². The maximum absolute atomic E-state index is 12.8. The van der Waals surface area contributed by atoms with Gasteiger partial charge in [0.05, 0.1) is 19.3 Å². The molecular formula is C23H26N2O4. The number of ketones is 1. The molecule has 6 heteroatoms. The van der Waals surface area contributed by atoms with Crippen molar-refractivity contribution in [1.82, 2.24) is 4.90 Å². The minimum atomic E-state index is -0.253. The second kappa shape index (κ2) is 9.47. The van der Waals surface area contributed by atoms with Crippen molar-refractivity contribution in [3.8, 4) is 0 Å². The molecule has 2 aromatic rings. The first kappa shape index (κ1) is 20.7. The molecule has 0 bridgehead atoms. The van der Waals surface area contributed by atoms with Gasteiger partial charge >= 0.3 is 0 Å². The van der Waals surface area contributed by atoms with E-state index < -0.39 is 0 Å². The second-order valence-corrected chi connectivity index (χ2v) is 7.29. The number of Topliss-reactive ketones (excluding diaryl/α,β-unsaturated/α-hetero) is 1. The number of benzene rings is 2. The maximum atomic E-state index is 12.8. The normalized spacial score (nSPS) is 16.3. The highest BCUT2D eigenvalue weighted by molar-refractivity contribution is 6.01. The maximum Gasteiger partial charge on any atom is 0.254 e. The Labute approximate surface area is 170 Å². The minimum Gasteiger partial charge on any atom is -0.377 e. The van der Waals surface area contributed by atoms with Crippen LogP contribution in [-0.2, 0) is 9.53 Å². The van der Waals surface area contributed by atoms with Gasteiger partial charge in [-0.1, -0.05) is 30.3 Å².